The third-order valence-electron chi connectivity index (χ3n) is 12.4. The van der Waals surface area contributed by atoms with E-state index in [0.717, 1.165) is 90.0 Å². The lowest BCUT2D eigenvalue weighted by molar-refractivity contribution is -0.140. The van der Waals surface area contributed by atoms with Gasteiger partial charge in [0.25, 0.3) is 0 Å². The lowest BCUT2D eigenvalue weighted by atomic mass is 9.72. The molecule has 0 aliphatic carbocycles. The Balaban J connectivity index is 1.95. The number of unbranched alkanes of at least 4 members (excludes halogenated alkanes) is 5. The van der Waals surface area contributed by atoms with Crippen LogP contribution in [-0.4, -0.2) is 92.7 Å². The largest absolute Gasteiger partial charge is 0.449 e. The molecule has 358 valence electrons. The van der Waals surface area contributed by atoms with Gasteiger partial charge >= 0.3 is 6.09 Å². The number of allylic oxidation sites excluding steroid dienone is 3. The van der Waals surface area contributed by atoms with Crippen LogP contribution in [0.4, 0.5) is 4.79 Å². The topological polar surface area (TPSA) is 108 Å². The van der Waals surface area contributed by atoms with Gasteiger partial charge in [0.2, 0.25) is 0 Å². The second-order valence-electron chi connectivity index (χ2n) is 25.2. The van der Waals surface area contributed by atoms with E-state index in [9.17, 15) is 19.2 Å². The number of ketones is 3. The maximum atomic E-state index is 14.3. The summed E-state index contributed by atoms with van der Waals surface area (Å²) in [5.41, 5.74) is -3.79. The van der Waals surface area contributed by atoms with Crippen LogP contribution in [0, 0.1) is 16.2 Å². The zero-order valence-corrected chi connectivity index (χ0v) is 43.5. The molecule has 0 bridgehead atoms. The SMILES string of the molecule is CC(C)(C)NC(CCCC/C=C/CCCOC(=O)N1CC[C@@](NC(C)(C)C)(C(=O)C(C)(C)C)C1)(CCCC/C=C/C[C@@]1(C(=O)C(C)(C)C)CCCN1C(C)(C)C)C(=O)C(C)(C)C. The van der Waals surface area contributed by atoms with Crippen LogP contribution in [0.5, 0.6) is 0 Å². The standard InChI is InChI=1S/C53H96N4O5/c1-45(2,3)41(58)51(54-48(10,11)12,33-28-24-22-25-29-34-53(43(60)47(7,8)9)35-31-37-57(53)50(16,17)18)32-27-23-20-19-21-26-30-39-62-44(61)56-38-36-52(40-56,55-49(13,14)15)42(59)46(4,5)6/h19,21,25,29,54-55H,20,22-24,26-28,30-40H2,1-18H3/b21-19+,29-25+/t51?,52-,53-/m0/s1. The van der Waals surface area contributed by atoms with Gasteiger partial charge in [0.05, 0.1) is 23.2 Å². The number of ether oxygens (including phenoxy) is 1. The van der Waals surface area contributed by atoms with Crippen LogP contribution in [0.1, 0.15) is 215 Å². The zero-order valence-electron chi connectivity index (χ0n) is 43.5. The maximum Gasteiger partial charge on any atom is 0.409 e. The highest BCUT2D eigenvalue weighted by Crippen LogP contribution is 2.43. The fraction of sp³-hybridized carbons (Fsp3) is 0.849. The van der Waals surface area contributed by atoms with Crippen LogP contribution in [0.2, 0.25) is 0 Å². The molecule has 3 atom stereocenters. The van der Waals surface area contributed by atoms with Crippen LogP contribution in [0.3, 0.4) is 0 Å². The van der Waals surface area contributed by atoms with Gasteiger partial charge in [-0.05, 0) is 146 Å². The predicted octanol–water partition coefficient (Wildman–Crippen LogP) is 12.0. The monoisotopic (exact) mass is 869 g/mol. The van der Waals surface area contributed by atoms with Gasteiger partial charge in [-0.15, -0.1) is 0 Å². The number of nitrogens with one attached hydrogen (secondary N) is 2. The summed E-state index contributed by atoms with van der Waals surface area (Å²) in [6.45, 7) is 39.6. The van der Waals surface area contributed by atoms with E-state index in [1.54, 1.807) is 4.90 Å². The molecule has 1 amide bonds. The molecule has 2 saturated heterocycles. The number of carbonyl (C=O) groups excluding carboxylic acids is 4. The normalized spacial score (nSPS) is 22.2. The van der Waals surface area contributed by atoms with Crippen LogP contribution >= 0.6 is 0 Å². The molecule has 0 aromatic carbocycles. The van der Waals surface area contributed by atoms with E-state index >= 15 is 0 Å². The quantitative estimate of drug-likeness (QED) is 0.0867. The number of amides is 1. The van der Waals surface area contributed by atoms with Crippen LogP contribution < -0.4 is 10.6 Å². The minimum atomic E-state index is -0.775. The smallest absolute Gasteiger partial charge is 0.409 e. The minimum Gasteiger partial charge on any atom is -0.449 e. The Bertz CT molecular complexity index is 1540. The third-order valence-corrected chi connectivity index (χ3v) is 12.4. The van der Waals surface area contributed by atoms with E-state index in [4.69, 9.17) is 4.74 Å². The lowest BCUT2D eigenvalue weighted by Gasteiger charge is -2.47. The van der Waals surface area contributed by atoms with E-state index in [-0.39, 0.29) is 34.3 Å². The molecular formula is C53H96N4O5. The first kappa shape index (κ1) is 55.8. The van der Waals surface area contributed by atoms with Crippen molar-refractivity contribution >= 4 is 23.4 Å². The van der Waals surface area contributed by atoms with Gasteiger partial charge in [-0.1, -0.05) is 99.5 Å². The summed E-state index contributed by atoms with van der Waals surface area (Å²) in [4.78, 5) is 59.0. The summed E-state index contributed by atoms with van der Waals surface area (Å²) in [6, 6.07) is 0. The number of carbonyl (C=O) groups is 4. The van der Waals surface area contributed by atoms with Crippen molar-refractivity contribution in [3.63, 3.8) is 0 Å². The van der Waals surface area contributed by atoms with E-state index < -0.39 is 32.9 Å². The second-order valence-corrected chi connectivity index (χ2v) is 25.2. The Labute approximate surface area is 381 Å². The average molecular weight is 869 g/mol. The van der Waals surface area contributed by atoms with E-state index in [0.29, 0.717) is 31.9 Å². The highest BCUT2D eigenvalue weighted by atomic mass is 16.6. The summed E-state index contributed by atoms with van der Waals surface area (Å²) in [6.07, 6.45) is 20.8. The number of Topliss-reactive ketones (excluding diaryl/α,β-unsaturated/α-hetero) is 3. The molecule has 2 aliphatic heterocycles. The van der Waals surface area contributed by atoms with Crippen molar-refractivity contribution in [3.05, 3.63) is 24.3 Å². The van der Waals surface area contributed by atoms with Crippen molar-refractivity contribution in [3.8, 4) is 0 Å². The van der Waals surface area contributed by atoms with Crippen molar-refractivity contribution in [2.45, 2.75) is 248 Å². The molecule has 62 heavy (non-hydrogen) atoms. The van der Waals surface area contributed by atoms with Gasteiger partial charge in [-0.3, -0.25) is 24.6 Å². The van der Waals surface area contributed by atoms with Crippen molar-refractivity contribution in [1.82, 2.24) is 20.4 Å². The molecule has 2 N–H and O–H groups in total. The van der Waals surface area contributed by atoms with Gasteiger partial charge in [0, 0.05) is 46.0 Å². The number of nitrogens with zero attached hydrogens (tertiary/aromatic N) is 2. The summed E-state index contributed by atoms with van der Waals surface area (Å²) < 4.78 is 5.66. The van der Waals surface area contributed by atoms with Crippen LogP contribution in [-0.2, 0) is 19.1 Å². The zero-order chi connectivity index (χ0) is 47.6. The first-order valence-corrected chi connectivity index (χ1v) is 24.3. The Morgan fingerprint density at radius 1 is 0.597 bits per heavy atom. The van der Waals surface area contributed by atoms with Crippen molar-refractivity contribution in [1.29, 1.82) is 0 Å². The van der Waals surface area contributed by atoms with E-state index in [2.05, 4.69) is 123 Å². The molecule has 0 spiro atoms. The average Bonchev–Trinajstić information content (AvgIpc) is 3.74. The number of hydrogen-bond acceptors (Lipinski definition) is 8. The fourth-order valence-corrected chi connectivity index (χ4v) is 10.3. The Morgan fingerprint density at radius 3 is 1.58 bits per heavy atom. The highest BCUT2D eigenvalue weighted by Gasteiger charge is 2.53. The predicted molar refractivity (Wildman–Crippen MR) is 260 cm³/mol. The van der Waals surface area contributed by atoms with Gasteiger partial charge in [0.15, 0.2) is 17.3 Å². The molecule has 2 rings (SSSR count). The van der Waals surface area contributed by atoms with Crippen molar-refractivity contribution < 1.29 is 23.9 Å². The molecule has 2 aliphatic rings. The fourth-order valence-electron chi connectivity index (χ4n) is 10.3. The Hall–Kier alpha value is -2.36. The van der Waals surface area contributed by atoms with Crippen LogP contribution in [0.25, 0.3) is 0 Å². The molecule has 9 nitrogen and oxygen atoms in total. The second kappa shape index (κ2) is 21.8. The third kappa shape index (κ3) is 16.6. The highest BCUT2D eigenvalue weighted by molar-refractivity contribution is 5.95. The van der Waals surface area contributed by atoms with Crippen molar-refractivity contribution in [2.24, 2.45) is 16.2 Å². The van der Waals surface area contributed by atoms with Gasteiger partial charge < -0.3 is 15.0 Å². The van der Waals surface area contributed by atoms with Crippen molar-refractivity contribution in [2.75, 3.05) is 26.2 Å². The number of hydrogen-bond donors (Lipinski definition) is 2. The van der Waals surface area contributed by atoms with Gasteiger partial charge in [-0.25, -0.2) is 4.79 Å². The molecule has 1 unspecified atom stereocenters. The summed E-state index contributed by atoms with van der Waals surface area (Å²) in [5, 5.41) is 7.41. The molecular weight excluding hydrogens is 773 g/mol. The lowest BCUT2D eigenvalue weighted by Crippen LogP contribution is -2.63. The Morgan fingerprint density at radius 2 is 1.11 bits per heavy atom. The molecule has 0 saturated carbocycles. The first-order valence-electron chi connectivity index (χ1n) is 24.3. The number of likely N-dealkylation sites (tertiary alicyclic amines) is 2. The molecule has 9 heteroatoms. The molecule has 0 radical (unpaired) electrons. The number of rotatable bonds is 21. The van der Waals surface area contributed by atoms with Crippen LogP contribution in [0.15, 0.2) is 24.3 Å². The van der Waals surface area contributed by atoms with E-state index in [1.165, 1.54) is 0 Å². The van der Waals surface area contributed by atoms with Gasteiger partial charge in [-0.2, -0.15) is 0 Å². The molecule has 0 aromatic rings. The summed E-state index contributed by atoms with van der Waals surface area (Å²) in [7, 11) is 0. The summed E-state index contributed by atoms with van der Waals surface area (Å²) in [5.74, 6) is 0.766. The maximum absolute atomic E-state index is 14.3. The minimum absolute atomic E-state index is 0.0760. The molecule has 0 aromatic heterocycles. The van der Waals surface area contributed by atoms with E-state index in [1.807, 2.05) is 41.5 Å². The Kier molecular flexibility index (Phi) is 19.6. The molecule has 2 fully saturated rings. The summed E-state index contributed by atoms with van der Waals surface area (Å²) >= 11 is 0. The first-order chi connectivity index (χ1) is 28.1. The van der Waals surface area contributed by atoms with Gasteiger partial charge in [0.1, 0.15) is 0 Å². The molecule has 2 heterocycles.